The Morgan fingerprint density at radius 1 is 1.07 bits per heavy atom. The fraction of sp³-hybridized carbons (Fsp3) is 0.235. The number of hydrogen-bond donors (Lipinski definition) is 3. The lowest BCUT2D eigenvalue weighted by atomic mass is 9.81. The smallest absolute Gasteiger partial charge is 0.266 e. The van der Waals surface area contributed by atoms with Crippen LogP contribution in [0.1, 0.15) is 34.8 Å². The summed E-state index contributed by atoms with van der Waals surface area (Å²) >= 11 is 9.52. The third-order valence-corrected chi connectivity index (χ3v) is 8.24. The van der Waals surface area contributed by atoms with Crippen LogP contribution in [-0.4, -0.2) is 42.2 Å². The van der Waals surface area contributed by atoms with Gasteiger partial charge in [0.05, 0.1) is 6.61 Å². The molecule has 236 valence electrons. The second-order valence-electron chi connectivity index (χ2n) is 10.6. The maximum absolute atomic E-state index is 14.4. The van der Waals surface area contributed by atoms with Crippen LogP contribution in [0.2, 0.25) is 5.02 Å². The number of carbonyl (C=O) groups is 1. The van der Waals surface area contributed by atoms with Crippen LogP contribution in [0.3, 0.4) is 0 Å². The Morgan fingerprint density at radius 3 is 2.52 bits per heavy atom. The normalized spacial score (nSPS) is 17.0. The molecule has 2 atom stereocenters. The Hall–Kier alpha value is -4.38. The summed E-state index contributed by atoms with van der Waals surface area (Å²) in [6.45, 7) is 0.887. The molecule has 0 unspecified atom stereocenters. The zero-order valence-electron chi connectivity index (χ0n) is 24.8. The standard InChI is InChI=1S/C34H32BrClN6O4/c35-27-12-8-24(9-13-27)31-34(22-26-4-1-2-5-30(26)40-42-37,33(44)41-38-19-18-23-6-14-28(36)15-7-23)39-32(46-31)25-10-16-29(17-11-25)45-21-3-20-43/h1-2,4-17,31,38,43H,3,18-22H2,(H,41,44)/t31-,34-/m0/s1. The largest absolute Gasteiger partial charge is 0.494 e. The van der Waals surface area contributed by atoms with Crippen LogP contribution in [0.5, 0.6) is 5.75 Å². The van der Waals surface area contributed by atoms with Crippen molar-refractivity contribution in [2.24, 2.45) is 10.1 Å². The average molecular weight is 704 g/mol. The zero-order valence-corrected chi connectivity index (χ0v) is 27.1. The van der Waals surface area contributed by atoms with Crippen molar-refractivity contribution in [1.82, 2.24) is 10.9 Å². The minimum Gasteiger partial charge on any atom is -0.494 e. The molecule has 1 heterocycles. The SMILES string of the molecule is [N-]=[N+]=Nc1ccccc1C[C@]1(C(=O)NNCCc2ccc(Cl)cc2)N=C(c2ccc(OCCCO)cc2)O[C@H]1c1ccc(Br)cc1. The van der Waals surface area contributed by atoms with Gasteiger partial charge in [-0.3, -0.25) is 10.2 Å². The monoisotopic (exact) mass is 702 g/mol. The number of benzene rings is 4. The maximum atomic E-state index is 14.4. The summed E-state index contributed by atoms with van der Waals surface area (Å²) in [7, 11) is 0. The van der Waals surface area contributed by atoms with Gasteiger partial charge in [0.1, 0.15) is 5.75 Å². The molecule has 0 saturated heterocycles. The molecule has 4 aromatic carbocycles. The van der Waals surface area contributed by atoms with Crippen LogP contribution in [0, 0.1) is 0 Å². The number of amides is 1. The van der Waals surface area contributed by atoms with Crippen molar-refractivity contribution in [1.29, 1.82) is 0 Å². The van der Waals surface area contributed by atoms with Crippen molar-refractivity contribution < 1.29 is 19.4 Å². The topological polar surface area (TPSA) is 141 Å². The highest BCUT2D eigenvalue weighted by atomic mass is 79.9. The second kappa shape index (κ2) is 15.8. The molecule has 1 amide bonds. The third kappa shape index (κ3) is 8.06. The van der Waals surface area contributed by atoms with Gasteiger partial charge in [-0.1, -0.05) is 81.2 Å². The minimum atomic E-state index is -1.49. The minimum absolute atomic E-state index is 0.0448. The highest BCUT2D eigenvalue weighted by molar-refractivity contribution is 9.10. The number of aliphatic imine (C=N–C) groups is 1. The molecule has 0 radical (unpaired) electrons. The molecular weight excluding hydrogens is 672 g/mol. The van der Waals surface area contributed by atoms with E-state index >= 15 is 0 Å². The fourth-order valence-electron chi connectivity index (χ4n) is 5.13. The fourth-order valence-corrected chi connectivity index (χ4v) is 5.52. The lowest BCUT2D eigenvalue weighted by molar-refractivity contribution is -0.130. The van der Waals surface area contributed by atoms with Crippen LogP contribution in [0.25, 0.3) is 10.4 Å². The van der Waals surface area contributed by atoms with E-state index in [1.165, 1.54) is 0 Å². The summed E-state index contributed by atoms with van der Waals surface area (Å²) in [5.74, 6) is 0.510. The number of aliphatic hydroxyl groups is 1. The number of hydrazine groups is 1. The van der Waals surface area contributed by atoms with Crippen molar-refractivity contribution >= 4 is 45.0 Å². The summed E-state index contributed by atoms with van der Waals surface area (Å²) in [5.41, 5.74) is 17.2. The predicted octanol–water partition coefficient (Wildman–Crippen LogP) is 7.17. The number of hydrogen-bond acceptors (Lipinski definition) is 7. The molecule has 0 fully saturated rings. The Labute approximate surface area is 280 Å². The van der Waals surface area contributed by atoms with Crippen molar-refractivity contribution in [3.05, 3.63) is 139 Å². The first-order valence-electron chi connectivity index (χ1n) is 14.7. The summed E-state index contributed by atoms with van der Waals surface area (Å²) < 4.78 is 13.1. The van der Waals surface area contributed by atoms with Crippen molar-refractivity contribution in [3.63, 3.8) is 0 Å². The molecule has 1 aliphatic heterocycles. The summed E-state index contributed by atoms with van der Waals surface area (Å²) in [6.07, 6.45) is 0.431. The molecule has 1 aliphatic rings. The Bertz CT molecular complexity index is 1710. The average Bonchev–Trinajstić information content (AvgIpc) is 3.46. The summed E-state index contributed by atoms with van der Waals surface area (Å²) in [4.78, 5) is 22.4. The van der Waals surface area contributed by atoms with E-state index in [1.54, 1.807) is 24.3 Å². The van der Waals surface area contributed by atoms with Gasteiger partial charge in [-0.2, -0.15) is 0 Å². The Balaban J connectivity index is 1.51. The summed E-state index contributed by atoms with van der Waals surface area (Å²) in [6, 6.07) is 29.4. The van der Waals surface area contributed by atoms with E-state index in [9.17, 15) is 10.3 Å². The van der Waals surface area contributed by atoms with Crippen LogP contribution < -0.4 is 15.6 Å². The summed E-state index contributed by atoms with van der Waals surface area (Å²) in [5, 5.41) is 13.6. The molecule has 0 spiro atoms. The number of rotatable bonds is 14. The van der Waals surface area contributed by atoms with Crippen LogP contribution >= 0.6 is 27.5 Å². The van der Waals surface area contributed by atoms with Crippen molar-refractivity contribution in [2.45, 2.75) is 30.9 Å². The quantitative estimate of drug-likeness (QED) is 0.0420. The van der Waals surface area contributed by atoms with Crippen molar-refractivity contribution in [3.8, 4) is 5.75 Å². The van der Waals surface area contributed by atoms with E-state index in [4.69, 9.17) is 31.2 Å². The molecule has 4 aromatic rings. The highest BCUT2D eigenvalue weighted by Crippen LogP contribution is 2.44. The van der Waals surface area contributed by atoms with Crippen LogP contribution in [0.4, 0.5) is 5.69 Å². The van der Waals surface area contributed by atoms with Gasteiger partial charge in [0, 0.05) is 51.7 Å². The zero-order chi connectivity index (χ0) is 32.4. The number of carbonyl (C=O) groups excluding carboxylic acids is 1. The molecule has 10 nitrogen and oxygen atoms in total. The molecule has 0 aliphatic carbocycles. The van der Waals surface area contributed by atoms with E-state index in [0.717, 1.165) is 15.6 Å². The number of nitrogens with zero attached hydrogens (tertiary/aromatic N) is 4. The highest BCUT2D eigenvalue weighted by Gasteiger charge is 2.53. The van der Waals surface area contributed by atoms with E-state index in [0.29, 0.717) is 53.6 Å². The number of nitrogens with one attached hydrogen (secondary N) is 2. The van der Waals surface area contributed by atoms with Gasteiger partial charge < -0.3 is 14.6 Å². The molecule has 0 aromatic heterocycles. The number of ether oxygens (including phenoxy) is 2. The van der Waals surface area contributed by atoms with Gasteiger partial charge >= 0.3 is 0 Å². The first-order chi connectivity index (χ1) is 22.4. The van der Waals surface area contributed by atoms with E-state index in [1.807, 2.05) is 72.8 Å². The maximum Gasteiger partial charge on any atom is 0.266 e. The predicted molar refractivity (Wildman–Crippen MR) is 181 cm³/mol. The van der Waals surface area contributed by atoms with E-state index in [-0.39, 0.29) is 18.9 Å². The Morgan fingerprint density at radius 2 is 1.80 bits per heavy atom. The molecule has 3 N–H and O–H groups in total. The number of azide groups is 1. The molecule has 46 heavy (non-hydrogen) atoms. The van der Waals surface area contributed by atoms with Crippen LogP contribution in [0.15, 0.2) is 112 Å². The first kappa shape index (κ1) is 33.0. The number of halogens is 2. The van der Waals surface area contributed by atoms with E-state index < -0.39 is 17.6 Å². The lowest BCUT2D eigenvalue weighted by Gasteiger charge is -2.31. The first-order valence-corrected chi connectivity index (χ1v) is 15.9. The molecule has 5 rings (SSSR count). The van der Waals surface area contributed by atoms with Gasteiger partial charge in [-0.25, -0.2) is 10.4 Å². The van der Waals surface area contributed by atoms with Gasteiger partial charge in [-0.15, -0.1) is 0 Å². The van der Waals surface area contributed by atoms with Gasteiger partial charge in [0.2, 0.25) is 5.90 Å². The van der Waals surface area contributed by atoms with Crippen molar-refractivity contribution in [2.75, 3.05) is 19.8 Å². The van der Waals surface area contributed by atoms with Gasteiger partial charge in [0.25, 0.3) is 5.91 Å². The third-order valence-electron chi connectivity index (χ3n) is 7.46. The lowest BCUT2D eigenvalue weighted by Crippen LogP contribution is -2.54. The Kier molecular flexibility index (Phi) is 11.3. The van der Waals surface area contributed by atoms with E-state index in [2.05, 4.69) is 36.8 Å². The molecule has 12 heteroatoms. The molecule has 0 bridgehead atoms. The molecular formula is C34H32BrClN6O4. The molecule has 0 saturated carbocycles. The second-order valence-corrected chi connectivity index (χ2v) is 11.9. The van der Waals surface area contributed by atoms with Gasteiger partial charge in [0.15, 0.2) is 11.6 Å². The van der Waals surface area contributed by atoms with Crippen LogP contribution in [-0.2, 0) is 22.4 Å². The number of aliphatic hydroxyl groups excluding tert-OH is 1. The van der Waals surface area contributed by atoms with Gasteiger partial charge in [-0.05, 0) is 77.2 Å².